The van der Waals surface area contributed by atoms with Crippen molar-refractivity contribution in [3.63, 3.8) is 0 Å². The number of halogens is 2. The zero-order chi connectivity index (χ0) is 23.2. The van der Waals surface area contributed by atoms with Gasteiger partial charge < -0.3 is 14.0 Å². The van der Waals surface area contributed by atoms with Gasteiger partial charge in [-0.2, -0.15) is 0 Å². The number of hydrogen-bond donors (Lipinski definition) is 0. The number of ketones is 1. The molecular formula is C26H20Cl2N2O3. The van der Waals surface area contributed by atoms with Crippen LogP contribution in [0.25, 0.3) is 11.8 Å². The van der Waals surface area contributed by atoms with Crippen molar-refractivity contribution in [1.29, 1.82) is 0 Å². The smallest absolute Gasteiger partial charge is 0.185 e. The van der Waals surface area contributed by atoms with Crippen LogP contribution in [0.15, 0.2) is 85.5 Å². The second kappa shape index (κ2) is 10.4. The van der Waals surface area contributed by atoms with Crippen LogP contribution in [0.4, 0.5) is 0 Å². The van der Waals surface area contributed by atoms with Crippen LogP contribution in [0.2, 0.25) is 10.0 Å². The van der Waals surface area contributed by atoms with Gasteiger partial charge in [0.15, 0.2) is 5.78 Å². The van der Waals surface area contributed by atoms with Crippen LogP contribution in [-0.2, 0) is 6.61 Å². The lowest BCUT2D eigenvalue weighted by molar-refractivity contribution is 0.104. The van der Waals surface area contributed by atoms with E-state index in [0.717, 1.165) is 16.8 Å². The highest BCUT2D eigenvalue weighted by Crippen LogP contribution is 2.32. The molecule has 0 aliphatic carbocycles. The average Bonchev–Trinajstić information content (AvgIpc) is 3.39. The Morgan fingerprint density at radius 2 is 1.88 bits per heavy atom. The maximum atomic E-state index is 12.6. The van der Waals surface area contributed by atoms with E-state index in [4.69, 9.17) is 32.7 Å². The van der Waals surface area contributed by atoms with E-state index in [-0.39, 0.29) is 12.4 Å². The Bertz CT molecular complexity index is 1280. The van der Waals surface area contributed by atoms with Crippen molar-refractivity contribution in [2.75, 3.05) is 7.11 Å². The van der Waals surface area contributed by atoms with Crippen LogP contribution in [0.1, 0.15) is 21.5 Å². The van der Waals surface area contributed by atoms with Gasteiger partial charge in [-0.25, -0.2) is 4.98 Å². The standard InChI is InChI=1S/C26H20Cl2N2O3/c1-32-24-12-6-18(15-20(24)16-33-25-4-2-3-22(27)26(25)28)5-11-23(31)19-7-9-21(10-8-19)30-14-13-29-17-30/h2-15,17H,16H2,1H3/b11-5+. The zero-order valence-corrected chi connectivity index (χ0v) is 19.3. The molecule has 4 rings (SSSR count). The second-order valence-electron chi connectivity index (χ2n) is 7.13. The van der Waals surface area contributed by atoms with Crippen molar-refractivity contribution in [3.8, 4) is 17.2 Å². The highest BCUT2D eigenvalue weighted by atomic mass is 35.5. The molecule has 4 aromatic rings. The minimum atomic E-state index is -0.0912. The molecule has 0 saturated carbocycles. The van der Waals surface area contributed by atoms with Gasteiger partial charge in [-0.1, -0.05) is 41.4 Å². The molecule has 1 heterocycles. The number of carbonyl (C=O) groups is 1. The molecule has 7 heteroatoms. The predicted octanol–water partition coefficient (Wildman–Crippen LogP) is 6.66. The van der Waals surface area contributed by atoms with E-state index in [0.29, 0.717) is 27.1 Å². The van der Waals surface area contributed by atoms with Crippen LogP contribution in [0, 0.1) is 0 Å². The number of imidazole rings is 1. The summed E-state index contributed by atoms with van der Waals surface area (Å²) in [5.41, 5.74) is 3.19. The molecular weight excluding hydrogens is 459 g/mol. The zero-order valence-electron chi connectivity index (χ0n) is 17.7. The Morgan fingerprint density at radius 1 is 1.06 bits per heavy atom. The molecule has 0 radical (unpaired) electrons. The summed E-state index contributed by atoms with van der Waals surface area (Å²) >= 11 is 12.3. The van der Waals surface area contributed by atoms with Gasteiger partial charge in [0.1, 0.15) is 23.1 Å². The fourth-order valence-electron chi connectivity index (χ4n) is 3.24. The van der Waals surface area contributed by atoms with Crippen LogP contribution in [0.5, 0.6) is 11.5 Å². The molecule has 1 aromatic heterocycles. The van der Waals surface area contributed by atoms with Crippen LogP contribution in [0.3, 0.4) is 0 Å². The fraction of sp³-hybridized carbons (Fsp3) is 0.0769. The molecule has 0 fully saturated rings. The maximum Gasteiger partial charge on any atom is 0.185 e. The highest BCUT2D eigenvalue weighted by molar-refractivity contribution is 6.42. The number of aromatic nitrogens is 2. The molecule has 0 N–H and O–H groups in total. The average molecular weight is 479 g/mol. The lowest BCUT2D eigenvalue weighted by atomic mass is 10.1. The van der Waals surface area contributed by atoms with Gasteiger partial charge in [-0.15, -0.1) is 0 Å². The molecule has 0 amide bonds. The molecule has 0 aliphatic rings. The van der Waals surface area contributed by atoms with E-state index in [1.54, 1.807) is 62.1 Å². The molecule has 0 aliphatic heterocycles. The molecule has 33 heavy (non-hydrogen) atoms. The van der Waals surface area contributed by atoms with E-state index in [2.05, 4.69) is 4.98 Å². The molecule has 0 saturated heterocycles. The van der Waals surface area contributed by atoms with Crippen molar-refractivity contribution < 1.29 is 14.3 Å². The summed E-state index contributed by atoms with van der Waals surface area (Å²) < 4.78 is 13.2. The van der Waals surface area contributed by atoms with Crippen molar-refractivity contribution in [1.82, 2.24) is 9.55 Å². The Kier molecular flexibility index (Phi) is 7.13. The first-order valence-corrected chi connectivity index (χ1v) is 10.9. The normalized spacial score (nSPS) is 11.0. The lowest BCUT2D eigenvalue weighted by Gasteiger charge is -2.12. The summed E-state index contributed by atoms with van der Waals surface area (Å²) in [5, 5.41) is 0.785. The Labute approximate surface area is 201 Å². The largest absolute Gasteiger partial charge is 0.496 e. The van der Waals surface area contributed by atoms with Gasteiger partial charge in [0, 0.05) is 29.2 Å². The quantitative estimate of drug-likeness (QED) is 0.209. The van der Waals surface area contributed by atoms with Crippen molar-refractivity contribution >= 4 is 35.1 Å². The van der Waals surface area contributed by atoms with Crippen molar-refractivity contribution in [2.24, 2.45) is 0 Å². The van der Waals surface area contributed by atoms with Crippen LogP contribution in [-0.4, -0.2) is 22.4 Å². The van der Waals surface area contributed by atoms with Crippen LogP contribution >= 0.6 is 23.2 Å². The first kappa shape index (κ1) is 22.6. The number of rotatable bonds is 8. The molecule has 0 atom stereocenters. The molecule has 0 bridgehead atoms. The molecule has 0 spiro atoms. The van der Waals surface area contributed by atoms with Gasteiger partial charge in [0.05, 0.1) is 18.5 Å². The SMILES string of the molecule is COc1ccc(/C=C/C(=O)c2ccc(-n3ccnc3)cc2)cc1COc1cccc(Cl)c1Cl. The highest BCUT2D eigenvalue weighted by Gasteiger charge is 2.09. The van der Waals surface area contributed by atoms with Crippen molar-refractivity contribution in [2.45, 2.75) is 6.61 Å². The number of methoxy groups -OCH3 is 1. The number of nitrogens with zero attached hydrogens (tertiary/aromatic N) is 2. The first-order valence-electron chi connectivity index (χ1n) is 10.1. The third-order valence-corrected chi connectivity index (χ3v) is 5.79. The molecule has 3 aromatic carbocycles. The van der Waals surface area contributed by atoms with Crippen LogP contribution < -0.4 is 9.47 Å². The van der Waals surface area contributed by atoms with E-state index in [1.165, 1.54) is 0 Å². The Hall–Kier alpha value is -3.54. The Balaban J connectivity index is 1.47. The predicted molar refractivity (Wildman–Crippen MR) is 131 cm³/mol. The third-order valence-electron chi connectivity index (χ3n) is 4.99. The fourth-order valence-corrected chi connectivity index (χ4v) is 3.59. The topological polar surface area (TPSA) is 53.4 Å². The summed E-state index contributed by atoms with van der Waals surface area (Å²) in [6.07, 6.45) is 8.58. The Morgan fingerprint density at radius 3 is 2.61 bits per heavy atom. The number of benzene rings is 3. The molecule has 5 nitrogen and oxygen atoms in total. The number of allylic oxidation sites excluding steroid dienone is 1. The number of carbonyl (C=O) groups excluding carboxylic acids is 1. The first-order chi connectivity index (χ1) is 16.0. The molecule has 0 unspecified atom stereocenters. The lowest BCUT2D eigenvalue weighted by Crippen LogP contribution is -2.00. The monoisotopic (exact) mass is 478 g/mol. The van der Waals surface area contributed by atoms with Crippen molar-refractivity contribution in [3.05, 3.63) is 112 Å². The summed E-state index contributed by atoms with van der Waals surface area (Å²) in [4.78, 5) is 16.7. The summed E-state index contributed by atoms with van der Waals surface area (Å²) in [6.45, 7) is 0.231. The van der Waals surface area contributed by atoms with E-state index in [1.807, 2.05) is 41.1 Å². The maximum absolute atomic E-state index is 12.6. The van der Waals surface area contributed by atoms with Gasteiger partial charge in [0.2, 0.25) is 0 Å². The van der Waals surface area contributed by atoms with E-state index in [9.17, 15) is 4.79 Å². The molecule has 166 valence electrons. The van der Waals surface area contributed by atoms with Gasteiger partial charge in [-0.05, 0) is 60.2 Å². The van der Waals surface area contributed by atoms with Gasteiger partial charge in [0.25, 0.3) is 0 Å². The third kappa shape index (κ3) is 5.45. The van der Waals surface area contributed by atoms with E-state index < -0.39 is 0 Å². The minimum Gasteiger partial charge on any atom is -0.496 e. The summed E-state index contributed by atoms with van der Waals surface area (Å²) in [7, 11) is 1.59. The van der Waals surface area contributed by atoms with Gasteiger partial charge >= 0.3 is 0 Å². The summed E-state index contributed by atoms with van der Waals surface area (Å²) in [5.74, 6) is 1.07. The summed E-state index contributed by atoms with van der Waals surface area (Å²) in [6, 6.07) is 18.2. The van der Waals surface area contributed by atoms with E-state index >= 15 is 0 Å². The number of ether oxygens (including phenoxy) is 2. The number of hydrogen-bond acceptors (Lipinski definition) is 4. The van der Waals surface area contributed by atoms with Gasteiger partial charge in [-0.3, -0.25) is 4.79 Å². The minimum absolute atomic E-state index is 0.0912. The second-order valence-corrected chi connectivity index (χ2v) is 7.91.